The average molecular weight is 231 g/mol. The first-order valence-corrected chi connectivity index (χ1v) is 5.43. The van der Waals surface area contributed by atoms with Gasteiger partial charge < -0.3 is 11.1 Å². The summed E-state index contributed by atoms with van der Waals surface area (Å²) in [6.45, 7) is 0.353. The minimum atomic E-state index is -0.290. The maximum absolute atomic E-state index is 13.5. The Balaban J connectivity index is 2.19. The van der Waals surface area contributed by atoms with Crippen molar-refractivity contribution in [3.63, 3.8) is 0 Å². The monoisotopic (exact) mass is 231 g/mol. The van der Waals surface area contributed by atoms with Crippen LogP contribution in [0.25, 0.3) is 0 Å². The Morgan fingerprint density at radius 1 is 1.18 bits per heavy atom. The molecule has 0 aliphatic heterocycles. The molecule has 0 fully saturated rings. The van der Waals surface area contributed by atoms with E-state index in [1.807, 2.05) is 18.2 Å². The van der Waals surface area contributed by atoms with Crippen LogP contribution < -0.4 is 11.1 Å². The molecule has 3 N–H and O–H groups in total. The van der Waals surface area contributed by atoms with Gasteiger partial charge in [0, 0.05) is 12.7 Å². The molecule has 88 valence electrons. The summed E-state index contributed by atoms with van der Waals surface area (Å²) in [7, 11) is 0. The number of rotatable bonds is 4. The molecule has 0 saturated carbocycles. The van der Waals surface area contributed by atoms with Gasteiger partial charge in [0.15, 0.2) is 0 Å². The fraction of sp³-hybridized carbons (Fsp3) is 0.154. The van der Waals surface area contributed by atoms with Gasteiger partial charge in [-0.2, -0.15) is 0 Å². The lowest BCUT2D eigenvalue weighted by Gasteiger charge is -2.17. The lowest BCUT2D eigenvalue weighted by Crippen LogP contribution is -2.22. The Morgan fingerprint density at radius 2 is 1.94 bits per heavy atom. The lowest BCUT2D eigenvalue weighted by molar-refractivity contribution is 0.625. The van der Waals surface area contributed by atoms with Crippen LogP contribution in [0.2, 0.25) is 0 Å². The molecule has 0 saturated heterocycles. The molecular weight excluding hydrogens is 217 g/mol. The molecule has 0 aliphatic carbocycles. The maximum atomic E-state index is 13.5. The van der Waals surface area contributed by atoms with Gasteiger partial charge >= 0.3 is 0 Å². The second kappa shape index (κ2) is 5.41. The molecule has 2 rings (SSSR count). The smallest absolute Gasteiger partial charge is 0.146 e. The highest BCUT2D eigenvalue weighted by Crippen LogP contribution is 2.19. The zero-order valence-corrected chi connectivity index (χ0v) is 9.31. The van der Waals surface area contributed by atoms with Crippen LogP contribution in [0, 0.1) is 5.82 Å². The SMILES string of the molecule is NCC(Nc1ccccc1F)c1ccccn1. The summed E-state index contributed by atoms with van der Waals surface area (Å²) >= 11 is 0. The Morgan fingerprint density at radius 3 is 2.59 bits per heavy atom. The predicted octanol–water partition coefficient (Wildman–Crippen LogP) is 2.33. The van der Waals surface area contributed by atoms with Crippen LogP contribution in [-0.4, -0.2) is 11.5 Å². The maximum Gasteiger partial charge on any atom is 0.146 e. The molecule has 1 heterocycles. The van der Waals surface area contributed by atoms with Gasteiger partial charge in [-0.05, 0) is 24.3 Å². The molecule has 0 spiro atoms. The fourth-order valence-corrected chi connectivity index (χ4v) is 1.60. The van der Waals surface area contributed by atoms with Gasteiger partial charge in [0.1, 0.15) is 5.82 Å². The van der Waals surface area contributed by atoms with Crippen molar-refractivity contribution < 1.29 is 4.39 Å². The normalized spacial score (nSPS) is 12.1. The Bertz CT molecular complexity index is 473. The first kappa shape index (κ1) is 11.5. The number of halogens is 1. The van der Waals surface area contributed by atoms with Crippen molar-refractivity contribution in [2.24, 2.45) is 5.73 Å². The summed E-state index contributed by atoms with van der Waals surface area (Å²) < 4.78 is 13.5. The van der Waals surface area contributed by atoms with Crippen molar-refractivity contribution >= 4 is 5.69 Å². The molecular formula is C13H14FN3. The minimum Gasteiger partial charge on any atom is -0.373 e. The number of pyridine rings is 1. The van der Waals surface area contributed by atoms with Gasteiger partial charge in [-0.1, -0.05) is 18.2 Å². The van der Waals surface area contributed by atoms with Crippen LogP contribution in [0.1, 0.15) is 11.7 Å². The number of hydrogen-bond donors (Lipinski definition) is 2. The zero-order valence-electron chi connectivity index (χ0n) is 9.31. The van der Waals surface area contributed by atoms with Gasteiger partial charge in [-0.25, -0.2) is 4.39 Å². The fourth-order valence-electron chi connectivity index (χ4n) is 1.60. The van der Waals surface area contributed by atoms with Crippen LogP contribution in [0.15, 0.2) is 48.7 Å². The second-order valence-corrected chi connectivity index (χ2v) is 3.67. The van der Waals surface area contributed by atoms with Crippen LogP contribution in [0.5, 0.6) is 0 Å². The number of anilines is 1. The molecule has 1 atom stereocenters. The third-order valence-corrected chi connectivity index (χ3v) is 2.48. The van der Waals surface area contributed by atoms with Crippen molar-refractivity contribution in [3.05, 3.63) is 60.2 Å². The highest BCUT2D eigenvalue weighted by molar-refractivity contribution is 5.46. The number of hydrogen-bond acceptors (Lipinski definition) is 3. The van der Waals surface area contributed by atoms with E-state index in [0.717, 1.165) is 5.69 Å². The van der Waals surface area contributed by atoms with Crippen molar-refractivity contribution in [3.8, 4) is 0 Å². The first-order chi connectivity index (χ1) is 8.31. The summed E-state index contributed by atoms with van der Waals surface area (Å²) in [5.74, 6) is -0.290. The largest absolute Gasteiger partial charge is 0.373 e. The number of benzene rings is 1. The molecule has 3 nitrogen and oxygen atoms in total. The molecule has 0 radical (unpaired) electrons. The highest BCUT2D eigenvalue weighted by Gasteiger charge is 2.11. The van der Waals surface area contributed by atoms with E-state index in [-0.39, 0.29) is 11.9 Å². The zero-order chi connectivity index (χ0) is 12.1. The van der Waals surface area contributed by atoms with Gasteiger partial charge in [-0.3, -0.25) is 4.98 Å². The molecule has 1 aromatic heterocycles. The molecule has 17 heavy (non-hydrogen) atoms. The van der Waals surface area contributed by atoms with Crippen LogP contribution in [0.4, 0.5) is 10.1 Å². The van der Waals surface area contributed by atoms with Gasteiger partial charge in [0.2, 0.25) is 0 Å². The van der Waals surface area contributed by atoms with E-state index in [1.54, 1.807) is 24.4 Å². The van der Waals surface area contributed by atoms with E-state index >= 15 is 0 Å². The van der Waals surface area contributed by atoms with E-state index in [0.29, 0.717) is 12.2 Å². The van der Waals surface area contributed by atoms with Gasteiger partial charge in [-0.15, -0.1) is 0 Å². The van der Waals surface area contributed by atoms with E-state index in [4.69, 9.17) is 5.73 Å². The molecule has 1 aromatic carbocycles. The van der Waals surface area contributed by atoms with Gasteiger partial charge in [0.25, 0.3) is 0 Å². The molecule has 4 heteroatoms. The first-order valence-electron chi connectivity index (χ1n) is 5.43. The third-order valence-electron chi connectivity index (χ3n) is 2.48. The Labute approximate surface area is 99.5 Å². The Kier molecular flexibility index (Phi) is 3.67. The molecule has 1 unspecified atom stereocenters. The minimum absolute atomic E-state index is 0.187. The van der Waals surface area contributed by atoms with Crippen LogP contribution in [0.3, 0.4) is 0 Å². The third kappa shape index (κ3) is 2.79. The van der Waals surface area contributed by atoms with E-state index < -0.39 is 0 Å². The van der Waals surface area contributed by atoms with E-state index in [1.165, 1.54) is 6.07 Å². The quantitative estimate of drug-likeness (QED) is 0.849. The molecule has 2 aromatic rings. The number of aromatic nitrogens is 1. The van der Waals surface area contributed by atoms with Crippen LogP contribution in [-0.2, 0) is 0 Å². The van der Waals surface area contributed by atoms with Crippen LogP contribution >= 0.6 is 0 Å². The molecule has 0 bridgehead atoms. The Hall–Kier alpha value is -1.94. The summed E-state index contributed by atoms with van der Waals surface area (Å²) in [5.41, 5.74) is 6.92. The summed E-state index contributed by atoms with van der Waals surface area (Å²) in [5, 5.41) is 3.05. The molecule has 0 aliphatic rings. The summed E-state index contributed by atoms with van der Waals surface area (Å²) in [4.78, 5) is 4.21. The number of nitrogens with zero attached hydrogens (tertiary/aromatic N) is 1. The van der Waals surface area contributed by atoms with E-state index in [2.05, 4.69) is 10.3 Å². The predicted molar refractivity (Wildman–Crippen MR) is 66.1 cm³/mol. The van der Waals surface area contributed by atoms with Crippen molar-refractivity contribution in [1.82, 2.24) is 4.98 Å². The van der Waals surface area contributed by atoms with Gasteiger partial charge in [0.05, 0.1) is 17.4 Å². The standard InChI is InChI=1S/C13H14FN3/c14-10-5-1-2-6-11(10)17-13(9-15)12-7-3-4-8-16-12/h1-8,13,17H,9,15H2. The number of para-hydroxylation sites is 1. The summed E-state index contributed by atoms with van der Waals surface area (Å²) in [6.07, 6.45) is 1.70. The molecule has 0 amide bonds. The second-order valence-electron chi connectivity index (χ2n) is 3.67. The van der Waals surface area contributed by atoms with Crippen molar-refractivity contribution in [2.75, 3.05) is 11.9 Å². The average Bonchev–Trinajstić information content (AvgIpc) is 2.39. The number of nitrogens with one attached hydrogen (secondary N) is 1. The van der Waals surface area contributed by atoms with Crippen molar-refractivity contribution in [1.29, 1.82) is 0 Å². The lowest BCUT2D eigenvalue weighted by atomic mass is 10.1. The van der Waals surface area contributed by atoms with Crippen molar-refractivity contribution in [2.45, 2.75) is 6.04 Å². The number of nitrogens with two attached hydrogens (primary N) is 1. The highest BCUT2D eigenvalue weighted by atomic mass is 19.1. The topological polar surface area (TPSA) is 50.9 Å². The van der Waals surface area contributed by atoms with E-state index in [9.17, 15) is 4.39 Å². The summed E-state index contributed by atoms with van der Waals surface area (Å²) in [6, 6.07) is 11.9.